The van der Waals surface area contributed by atoms with Gasteiger partial charge in [0.15, 0.2) is 0 Å². The minimum absolute atomic E-state index is 0.566. The highest BCUT2D eigenvalue weighted by Gasteiger charge is 2.62. The van der Waals surface area contributed by atoms with E-state index >= 15 is 0 Å². The van der Waals surface area contributed by atoms with E-state index in [4.69, 9.17) is 0 Å². The average molecular weight is 201 g/mol. The first-order valence-corrected chi connectivity index (χ1v) is 5.96. The molecule has 3 atom stereocenters. The van der Waals surface area contributed by atoms with E-state index in [-0.39, 0.29) is 0 Å². The summed E-state index contributed by atoms with van der Waals surface area (Å²) >= 11 is 0. The second-order valence-corrected chi connectivity index (χ2v) is 5.40. The van der Waals surface area contributed by atoms with Gasteiger partial charge in [0.25, 0.3) is 0 Å². The summed E-state index contributed by atoms with van der Waals surface area (Å²) in [5.74, 6) is 0.926. The van der Waals surface area contributed by atoms with Crippen LogP contribution >= 0.6 is 0 Å². The highest BCUT2D eigenvalue weighted by Crippen LogP contribution is 2.65. The van der Waals surface area contributed by atoms with Crippen molar-refractivity contribution in [2.45, 2.75) is 30.7 Å². The molecule has 3 unspecified atom stereocenters. The van der Waals surface area contributed by atoms with E-state index in [0.717, 1.165) is 12.0 Å². The summed E-state index contributed by atoms with van der Waals surface area (Å²) in [5, 5.41) is 0. The quantitative estimate of drug-likeness (QED) is 0.711. The zero-order valence-electron chi connectivity index (χ0n) is 9.61. The van der Waals surface area contributed by atoms with E-state index in [0.29, 0.717) is 5.41 Å². The number of hydrogen-bond acceptors (Lipinski definition) is 1. The van der Waals surface area contributed by atoms with Gasteiger partial charge in [-0.3, -0.25) is 0 Å². The van der Waals surface area contributed by atoms with Gasteiger partial charge < -0.3 is 4.90 Å². The Morgan fingerprint density at radius 2 is 1.93 bits per heavy atom. The van der Waals surface area contributed by atoms with Crippen molar-refractivity contribution in [3.8, 4) is 0 Å². The first kappa shape index (κ1) is 9.41. The lowest BCUT2D eigenvalue weighted by molar-refractivity contribution is 0.271. The highest BCUT2D eigenvalue weighted by atomic mass is 15.1. The number of fused-ring (bicyclic) bond motifs is 1. The third kappa shape index (κ3) is 1.26. The molecule has 1 aromatic rings. The van der Waals surface area contributed by atoms with Gasteiger partial charge in [-0.25, -0.2) is 0 Å². The van der Waals surface area contributed by atoms with Crippen molar-refractivity contribution in [1.29, 1.82) is 0 Å². The normalized spacial score (nSPS) is 38.1. The number of nitrogens with zero attached hydrogens (tertiary/aromatic N) is 1. The molecule has 2 aliphatic rings. The van der Waals surface area contributed by atoms with Gasteiger partial charge in [-0.15, -0.1) is 0 Å². The molecule has 1 nitrogen and oxygen atoms in total. The summed E-state index contributed by atoms with van der Waals surface area (Å²) in [6.07, 6.45) is 4.19. The van der Waals surface area contributed by atoms with Crippen molar-refractivity contribution < 1.29 is 0 Å². The Balaban J connectivity index is 1.87. The minimum atomic E-state index is 0.566. The van der Waals surface area contributed by atoms with E-state index < -0.39 is 0 Å². The third-order valence-corrected chi connectivity index (χ3v) is 4.50. The molecule has 2 aliphatic carbocycles. The van der Waals surface area contributed by atoms with Crippen LogP contribution in [0.2, 0.25) is 0 Å². The molecule has 0 aromatic heterocycles. The van der Waals surface area contributed by atoms with Crippen LogP contribution in [0.15, 0.2) is 30.3 Å². The van der Waals surface area contributed by atoms with Crippen molar-refractivity contribution in [1.82, 2.24) is 4.90 Å². The maximum absolute atomic E-state index is 2.42. The molecule has 2 fully saturated rings. The first-order chi connectivity index (χ1) is 7.24. The number of hydrogen-bond donors (Lipinski definition) is 0. The molecule has 0 bridgehead atoms. The van der Waals surface area contributed by atoms with Crippen molar-refractivity contribution in [3.05, 3.63) is 35.9 Å². The Morgan fingerprint density at radius 1 is 1.20 bits per heavy atom. The van der Waals surface area contributed by atoms with Crippen LogP contribution in [0.1, 0.15) is 24.8 Å². The topological polar surface area (TPSA) is 3.24 Å². The average Bonchev–Trinajstić information content (AvgIpc) is 2.87. The Kier molecular flexibility index (Phi) is 1.93. The maximum atomic E-state index is 2.42. The molecule has 2 saturated carbocycles. The van der Waals surface area contributed by atoms with E-state index in [1.165, 1.54) is 19.3 Å². The third-order valence-electron chi connectivity index (χ3n) is 4.50. The molecule has 15 heavy (non-hydrogen) atoms. The molecule has 1 heteroatoms. The van der Waals surface area contributed by atoms with Crippen molar-refractivity contribution >= 4 is 0 Å². The number of benzene rings is 1. The molecule has 0 aliphatic heterocycles. The fourth-order valence-electron chi connectivity index (χ4n) is 3.60. The number of rotatable bonds is 2. The lowest BCUT2D eigenvalue weighted by Crippen LogP contribution is -2.27. The SMILES string of the molecule is CN(C)C1CCC2(c3ccccc3)CC12. The Hall–Kier alpha value is -0.820. The summed E-state index contributed by atoms with van der Waals surface area (Å²) in [6, 6.07) is 11.9. The van der Waals surface area contributed by atoms with E-state index in [1.807, 2.05) is 0 Å². The van der Waals surface area contributed by atoms with Crippen molar-refractivity contribution in [3.63, 3.8) is 0 Å². The van der Waals surface area contributed by atoms with Crippen LogP contribution in [0.25, 0.3) is 0 Å². The summed E-state index contributed by atoms with van der Waals surface area (Å²) < 4.78 is 0. The highest BCUT2D eigenvalue weighted by molar-refractivity contribution is 5.37. The predicted molar refractivity (Wildman–Crippen MR) is 62.9 cm³/mol. The van der Waals surface area contributed by atoms with Crippen LogP contribution in [0.5, 0.6) is 0 Å². The molecule has 0 radical (unpaired) electrons. The van der Waals surface area contributed by atoms with Crippen LogP contribution in [-0.2, 0) is 5.41 Å². The van der Waals surface area contributed by atoms with Gasteiger partial charge in [0.05, 0.1) is 0 Å². The second-order valence-electron chi connectivity index (χ2n) is 5.40. The van der Waals surface area contributed by atoms with Gasteiger partial charge in [0.1, 0.15) is 0 Å². The van der Waals surface area contributed by atoms with Gasteiger partial charge in [-0.2, -0.15) is 0 Å². The van der Waals surface area contributed by atoms with Crippen LogP contribution in [0, 0.1) is 5.92 Å². The van der Waals surface area contributed by atoms with Gasteiger partial charge >= 0.3 is 0 Å². The molecule has 1 aromatic carbocycles. The zero-order chi connectivity index (χ0) is 10.5. The van der Waals surface area contributed by atoms with E-state index in [1.54, 1.807) is 5.56 Å². The van der Waals surface area contributed by atoms with Crippen LogP contribution < -0.4 is 0 Å². The molecule has 80 valence electrons. The lowest BCUT2D eigenvalue weighted by Gasteiger charge is -2.19. The van der Waals surface area contributed by atoms with Crippen LogP contribution in [0.3, 0.4) is 0 Å². The fraction of sp³-hybridized carbons (Fsp3) is 0.571. The fourth-order valence-corrected chi connectivity index (χ4v) is 3.60. The summed E-state index contributed by atoms with van der Waals surface area (Å²) in [4.78, 5) is 2.42. The molecule has 0 spiro atoms. The van der Waals surface area contributed by atoms with Crippen molar-refractivity contribution in [2.24, 2.45) is 5.92 Å². The van der Waals surface area contributed by atoms with Gasteiger partial charge in [0, 0.05) is 11.5 Å². The smallest absolute Gasteiger partial charge is 0.0127 e. The Labute approximate surface area is 92.1 Å². The summed E-state index contributed by atoms with van der Waals surface area (Å²) in [6.45, 7) is 0. The predicted octanol–water partition coefficient (Wildman–Crippen LogP) is 2.67. The zero-order valence-corrected chi connectivity index (χ0v) is 9.61. The lowest BCUT2D eigenvalue weighted by atomic mass is 9.93. The molecule has 3 rings (SSSR count). The second kappa shape index (κ2) is 3.08. The largest absolute Gasteiger partial charge is 0.306 e. The molecular formula is C14H19N. The molecule has 0 amide bonds. The van der Waals surface area contributed by atoms with E-state index in [2.05, 4.69) is 49.3 Å². The van der Waals surface area contributed by atoms with Gasteiger partial charge in [-0.1, -0.05) is 30.3 Å². The van der Waals surface area contributed by atoms with Gasteiger partial charge in [-0.05, 0) is 44.8 Å². The van der Waals surface area contributed by atoms with E-state index in [9.17, 15) is 0 Å². The molecule has 0 heterocycles. The monoisotopic (exact) mass is 201 g/mol. The molecular weight excluding hydrogens is 182 g/mol. The first-order valence-electron chi connectivity index (χ1n) is 5.96. The summed E-state index contributed by atoms with van der Waals surface area (Å²) in [5.41, 5.74) is 2.15. The van der Waals surface area contributed by atoms with Crippen LogP contribution in [0.4, 0.5) is 0 Å². The minimum Gasteiger partial charge on any atom is -0.306 e. The van der Waals surface area contributed by atoms with Gasteiger partial charge in [0.2, 0.25) is 0 Å². The Morgan fingerprint density at radius 3 is 2.47 bits per heavy atom. The standard InChI is InChI=1S/C14H19N/c1-15(2)13-8-9-14(10-12(13)14)11-6-4-3-5-7-11/h3-7,12-13H,8-10H2,1-2H3. The maximum Gasteiger partial charge on any atom is 0.0127 e. The van der Waals surface area contributed by atoms with Crippen LogP contribution in [-0.4, -0.2) is 25.0 Å². The molecule has 0 N–H and O–H groups in total. The Bertz CT molecular complexity index is 357. The molecule has 0 saturated heterocycles. The summed E-state index contributed by atoms with van der Waals surface area (Å²) in [7, 11) is 4.45. The van der Waals surface area contributed by atoms with Crippen molar-refractivity contribution in [2.75, 3.05) is 14.1 Å².